The molecule has 1 amide bonds. The minimum absolute atomic E-state index is 0.00869. The number of alkyl halides is 1. The van der Waals surface area contributed by atoms with Crippen LogP contribution in [0.15, 0.2) is 18.2 Å². The van der Waals surface area contributed by atoms with Crippen LogP contribution in [-0.4, -0.2) is 17.8 Å². The lowest BCUT2D eigenvalue weighted by molar-refractivity contribution is 0.0924. The van der Waals surface area contributed by atoms with Gasteiger partial charge in [-0.25, -0.2) is 0 Å². The largest absolute Gasteiger partial charge is 0.349 e. The van der Waals surface area contributed by atoms with E-state index in [4.69, 9.17) is 11.6 Å². The highest BCUT2D eigenvalue weighted by Crippen LogP contribution is 2.12. The highest BCUT2D eigenvalue weighted by atomic mass is 35.5. The van der Waals surface area contributed by atoms with Crippen molar-refractivity contribution >= 4 is 17.5 Å². The number of amides is 1. The Morgan fingerprint density at radius 3 is 2.22 bits per heavy atom. The van der Waals surface area contributed by atoms with E-state index in [2.05, 4.69) is 25.2 Å². The fourth-order valence-corrected chi connectivity index (χ4v) is 2.28. The van der Waals surface area contributed by atoms with E-state index in [0.717, 1.165) is 23.1 Å². The van der Waals surface area contributed by atoms with Crippen LogP contribution in [0.5, 0.6) is 0 Å². The van der Waals surface area contributed by atoms with Gasteiger partial charge in [0, 0.05) is 17.5 Å². The quantitative estimate of drug-likeness (QED) is 0.810. The van der Waals surface area contributed by atoms with Crippen LogP contribution in [0, 0.1) is 19.8 Å². The van der Waals surface area contributed by atoms with Crippen molar-refractivity contribution in [3.63, 3.8) is 0 Å². The van der Waals surface area contributed by atoms with Crippen molar-refractivity contribution in [1.82, 2.24) is 5.32 Å². The zero-order valence-electron chi connectivity index (χ0n) is 11.6. The Bertz CT molecular complexity index is 395. The van der Waals surface area contributed by atoms with Gasteiger partial charge in [-0.15, -0.1) is 11.6 Å². The van der Waals surface area contributed by atoms with Crippen LogP contribution in [-0.2, 0) is 0 Å². The first-order valence-electron chi connectivity index (χ1n) is 6.39. The molecule has 0 aromatic heterocycles. The van der Waals surface area contributed by atoms with Crippen molar-refractivity contribution < 1.29 is 4.79 Å². The summed E-state index contributed by atoms with van der Waals surface area (Å²) in [5.41, 5.74) is 2.95. The Hall–Kier alpha value is -1.02. The number of rotatable bonds is 5. The minimum Gasteiger partial charge on any atom is -0.349 e. The second kappa shape index (κ2) is 6.79. The maximum atomic E-state index is 12.2. The van der Waals surface area contributed by atoms with Crippen LogP contribution in [0.4, 0.5) is 0 Å². The molecule has 1 atom stereocenters. The molecule has 0 fully saturated rings. The molecule has 18 heavy (non-hydrogen) atoms. The number of carbonyl (C=O) groups is 1. The molecule has 0 aliphatic rings. The van der Waals surface area contributed by atoms with Crippen LogP contribution in [0.1, 0.15) is 41.8 Å². The normalized spacial score (nSPS) is 12.6. The number of aryl methyl sites for hydroxylation is 2. The van der Waals surface area contributed by atoms with Crippen molar-refractivity contribution in [3.8, 4) is 0 Å². The van der Waals surface area contributed by atoms with Crippen molar-refractivity contribution in [2.45, 2.75) is 40.2 Å². The smallest absolute Gasteiger partial charge is 0.251 e. The van der Waals surface area contributed by atoms with Gasteiger partial charge in [0.15, 0.2) is 0 Å². The number of carbonyl (C=O) groups excluding carboxylic acids is 1. The predicted octanol–water partition coefficient (Wildman–Crippen LogP) is 3.69. The van der Waals surface area contributed by atoms with E-state index in [9.17, 15) is 4.79 Å². The third kappa shape index (κ3) is 4.34. The van der Waals surface area contributed by atoms with Crippen LogP contribution in [0.2, 0.25) is 0 Å². The molecule has 1 aromatic carbocycles. The van der Waals surface area contributed by atoms with Crippen LogP contribution < -0.4 is 5.32 Å². The van der Waals surface area contributed by atoms with Crippen molar-refractivity contribution in [1.29, 1.82) is 0 Å². The first kappa shape index (κ1) is 15.0. The summed E-state index contributed by atoms with van der Waals surface area (Å²) in [7, 11) is 0. The summed E-state index contributed by atoms with van der Waals surface area (Å²) in [6, 6.07) is 6.03. The molecule has 1 unspecified atom stereocenters. The molecule has 2 nitrogen and oxygen atoms in total. The third-order valence-corrected chi connectivity index (χ3v) is 3.24. The average molecular weight is 268 g/mol. The molecule has 0 aliphatic carbocycles. The van der Waals surface area contributed by atoms with Gasteiger partial charge in [0.05, 0.1) is 0 Å². The monoisotopic (exact) mass is 267 g/mol. The maximum absolute atomic E-state index is 12.2. The highest BCUT2D eigenvalue weighted by Gasteiger charge is 2.16. The summed E-state index contributed by atoms with van der Waals surface area (Å²) < 4.78 is 0. The van der Waals surface area contributed by atoms with E-state index >= 15 is 0 Å². The molecule has 0 saturated carbocycles. The Morgan fingerprint density at radius 2 is 1.78 bits per heavy atom. The predicted molar refractivity (Wildman–Crippen MR) is 77.3 cm³/mol. The lowest BCUT2D eigenvalue weighted by Crippen LogP contribution is -2.38. The number of benzene rings is 1. The summed E-state index contributed by atoms with van der Waals surface area (Å²) >= 11 is 5.77. The Kier molecular flexibility index (Phi) is 5.67. The fraction of sp³-hybridized carbons (Fsp3) is 0.533. The topological polar surface area (TPSA) is 29.1 Å². The molecule has 0 spiro atoms. The van der Waals surface area contributed by atoms with E-state index in [1.807, 2.05) is 26.0 Å². The Labute approximate surface area is 115 Å². The summed E-state index contributed by atoms with van der Waals surface area (Å²) in [5, 5.41) is 3.06. The summed E-state index contributed by atoms with van der Waals surface area (Å²) in [6.07, 6.45) is 0.801. The number of halogens is 1. The van der Waals surface area contributed by atoms with Crippen LogP contribution >= 0.6 is 11.6 Å². The molecule has 0 radical (unpaired) electrons. The molecular weight excluding hydrogens is 246 g/mol. The molecule has 0 aliphatic heterocycles. The van der Waals surface area contributed by atoms with Gasteiger partial charge in [-0.2, -0.15) is 0 Å². The lowest BCUT2D eigenvalue weighted by atomic mass is 10.0. The summed E-state index contributed by atoms with van der Waals surface area (Å²) in [6.45, 7) is 8.20. The van der Waals surface area contributed by atoms with Gasteiger partial charge in [-0.3, -0.25) is 4.79 Å². The average Bonchev–Trinajstić information content (AvgIpc) is 2.26. The molecule has 1 N–H and O–H groups in total. The highest BCUT2D eigenvalue weighted by molar-refractivity contribution is 6.17. The van der Waals surface area contributed by atoms with Gasteiger partial charge in [0.2, 0.25) is 0 Å². The molecule has 3 heteroatoms. The number of nitrogens with one attached hydrogen (secondary N) is 1. The van der Waals surface area contributed by atoms with Crippen molar-refractivity contribution in [2.24, 2.45) is 5.92 Å². The molecule has 0 bridgehead atoms. The first-order valence-corrected chi connectivity index (χ1v) is 6.92. The minimum atomic E-state index is -0.00869. The van der Waals surface area contributed by atoms with Gasteiger partial charge < -0.3 is 5.32 Å². The second-order valence-corrected chi connectivity index (χ2v) is 5.56. The number of hydrogen-bond acceptors (Lipinski definition) is 1. The van der Waals surface area contributed by atoms with E-state index in [-0.39, 0.29) is 11.9 Å². The molecule has 0 heterocycles. The van der Waals surface area contributed by atoms with Crippen LogP contribution in [0.3, 0.4) is 0 Å². The molecule has 1 aromatic rings. The zero-order chi connectivity index (χ0) is 13.7. The lowest BCUT2D eigenvalue weighted by Gasteiger charge is -2.21. The third-order valence-electron chi connectivity index (χ3n) is 3.03. The van der Waals surface area contributed by atoms with Gasteiger partial charge in [-0.1, -0.05) is 31.0 Å². The van der Waals surface area contributed by atoms with Gasteiger partial charge in [0.25, 0.3) is 5.91 Å². The fourth-order valence-electron chi connectivity index (χ4n) is 2.05. The van der Waals surface area contributed by atoms with Crippen molar-refractivity contribution in [3.05, 3.63) is 34.9 Å². The molecule has 100 valence electrons. The van der Waals surface area contributed by atoms with E-state index in [0.29, 0.717) is 11.8 Å². The summed E-state index contributed by atoms with van der Waals surface area (Å²) in [4.78, 5) is 12.2. The molecule has 1 rings (SSSR count). The van der Waals surface area contributed by atoms with Crippen molar-refractivity contribution in [2.75, 3.05) is 5.88 Å². The van der Waals surface area contributed by atoms with Crippen LogP contribution in [0.25, 0.3) is 0 Å². The van der Waals surface area contributed by atoms with E-state index in [1.165, 1.54) is 0 Å². The van der Waals surface area contributed by atoms with Gasteiger partial charge in [0.1, 0.15) is 0 Å². The SMILES string of the molecule is Cc1cc(C)cc(C(=O)NC(CCCl)C(C)C)c1. The standard InChI is InChI=1S/C15H22ClNO/c1-10(2)14(5-6-16)17-15(18)13-8-11(3)7-12(4)9-13/h7-10,14H,5-6H2,1-4H3,(H,17,18). The molecule has 0 saturated heterocycles. The Morgan fingerprint density at radius 1 is 1.22 bits per heavy atom. The zero-order valence-corrected chi connectivity index (χ0v) is 12.3. The van der Waals surface area contributed by atoms with E-state index in [1.54, 1.807) is 0 Å². The first-order chi connectivity index (χ1) is 8.43. The Balaban J connectivity index is 2.80. The van der Waals surface area contributed by atoms with Gasteiger partial charge in [-0.05, 0) is 38.3 Å². The second-order valence-electron chi connectivity index (χ2n) is 5.18. The van der Waals surface area contributed by atoms with E-state index < -0.39 is 0 Å². The number of hydrogen-bond donors (Lipinski definition) is 1. The molecular formula is C15H22ClNO. The maximum Gasteiger partial charge on any atom is 0.251 e. The summed E-state index contributed by atoms with van der Waals surface area (Å²) in [5.74, 6) is 0.944. The van der Waals surface area contributed by atoms with Gasteiger partial charge >= 0.3 is 0 Å².